The van der Waals surface area contributed by atoms with Gasteiger partial charge in [0, 0.05) is 25.3 Å². The van der Waals surface area contributed by atoms with E-state index in [1.165, 1.54) is 0 Å². The highest BCUT2D eigenvalue weighted by Gasteiger charge is 2.32. The number of hydrogen-bond acceptors (Lipinski definition) is 3. The Morgan fingerprint density at radius 3 is 2.68 bits per heavy atom. The molecule has 1 heterocycles. The van der Waals surface area contributed by atoms with Gasteiger partial charge in [0.1, 0.15) is 0 Å². The minimum atomic E-state index is -0.472. The lowest BCUT2D eigenvalue weighted by atomic mass is 9.91. The summed E-state index contributed by atoms with van der Waals surface area (Å²) >= 11 is 0. The number of nitrogens with zero attached hydrogens (tertiary/aromatic N) is 1. The van der Waals surface area contributed by atoms with Gasteiger partial charge in [-0.15, -0.1) is 0 Å². The average molecular weight is 262 g/mol. The summed E-state index contributed by atoms with van der Waals surface area (Å²) in [5.41, 5.74) is 0.349. The molecule has 1 saturated heterocycles. The summed E-state index contributed by atoms with van der Waals surface area (Å²) < 4.78 is 0. The molecule has 1 amide bonds. The summed E-state index contributed by atoms with van der Waals surface area (Å²) in [4.78, 5) is 14.5. The molecule has 1 aliphatic rings. The van der Waals surface area contributed by atoms with Crippen molar-refractivity contribution < 1.29 is 9.90 Å². The number of benzene rings is 1. The monoisotopic (exact) mass is 262 g/mol. The Kier molecular flexibility index (Phi) is 4.22. The van der Waals surface area contributed by atoms with E-state index >= 15 is 0 Å². The predicted octanol–water partition coefficient (Wildman–Crippen LogP) is 1.72. The first kappa shape index (κ1) is 14.0. The normalized spacial score (nSPS) is 20.5. The van der Waals surface area contributed by atoms with Gasteiger partial charge in [0.05, 0.1) is 11.5 Å². The van der Waals surface area contributed by atoms with Crippen LogP contribution in [0.3, 0.4) is 0 Å². The van der Waals surface area contributed by atoms with Crippen LogP contribution in [0.1, 0.15) is 20.3 Å². The standard InChI is InChI=1S/C15H22N2O2/c1-15(2,11-17-9-8-13(18)10-17)14(19)16-12-6-4-3-5-7-12/h3-7,13,18H,8-11H2,1-2H3,(H,16,19). The zero-order valence-corrected chi connectivity index (χ0v) is 11.6. The highest BCUT2D eigenvalue weighted by Crippen LogP contribution is 2.22. The molecule has 0 radical (unpaired) electrons. The smallest absolute Gasteiger partial charge is 0.231 e. The highest BCUT2D eigenvalue weighted by molar-refractivity contribution is 5.94. The molecule has 2 rings (SSSR count). The van der Waals surface area contributed by atoms with Gasteiger partial charge in [-0.05, 0) is 32.4 Å². The lowest BCUT2D eigenvalue weighted by Gasteiger charge is -2.28. The minimum Gasteiger partial charge on any atom is -0.392 e. The van der Waals surface area contributed by atoms with Crippen molar-refractivity contribution >= 4 is 11.6 Å². The second-order valence-electron chi connectivity index (χ2n) is 5.88. The molecule has 2 N–H and O–H groups in total. The molecule has 19 heavy (non-hydrogen) atoms. The number of carbonyl (C=O) groups excluding carboxylic acids is 1. The highest BCUT2D eigenvalue weighted by atomic mass is 16.3. The number of likely N-dealkylation sites (tertiary alicyclic amines) is 1. The van der Waals surface area contributed by atoms with Crippen molar-refractivity contribution in [1.82, 2.24) is 4.90 Å². The predicted molar refractivity (Wildman–Crippen MR) is 75.9 cm³/mol. The van der Waals surface area contributed by atoms with Crippen molar-refractivity contribution in [3.8, 4) is 0 Å². The number of para-hydroxylation sites is 1. The topological polar surface area (TPSA) is 52.6 Å². The molecule has 1 fully saturated rings. The van der Waals surface area contributed by atoms with E-state index in [4.69, 9.17) is 0 Å². The summed E-state index contributed by atoms with van der Waals surface area (Å²) in [5, 5.41) is 12.5. The maximum atomic E-state index is 12.3. The number of nitrogens with one attached hydrogen (secondary N) is 1. The Bertz CT molecular complexity index is 431. The van der Waals surface area contributed by atoms with Gasteiger partial charge in [-0.25, -0.2) is 0 Å². The molecule has 1 aromatic rings. The van der Waals surface area contributed by atoms with Crippen LogP contribution in [0.25, 0.3) is 0 Å². The van der Waals surface area contributed by atoms with Gasteiger partial charge in [-0.1, -0.05) is 18.2 Å². The fraction of sp³-hybridized carbons (Fsp3) is 0.533. The first-order valence-corrected chi connectivity index (χ1v) is 6.74. The summed E-state index contributed by atoms with van der Waals surface area (Å²) in [6, 6.07) is 9.49. The van der Waals surface area contributed by atoms with Gasteiger partial charge in [0.2, 0.25) is 5.91 Å². The van der Waals surface area contributed by atoms with Crippen LogP contribution < -0.4 is 5.32 Å². The van der Waals surface area contributed by atoms with Crippen LogP contribution in [0, 0.1) is 5.41 Å². The van der Waals surface area contributed by atoms with Crippen LogP contribution in [0.5, 0.6) is 0 Å². The van der Waals surface area contributed by atoms with Gasteiger partial charge in [0.15, 0.2) is 0 Å². The summed E-state index contributed by atoms with van der Waals surface area (Å²) in [6.45, 7) is 6.08. The van der Waals surface area contributed by atoms with Gasteiger partial charge in [-0.3, -0.25) is 9.69 Å². The molecule has 4 nitrogen and oxygen atoms in total. The molecule has 0 spiro atoms. The molecule has 4 heteroatoms. The van der Waals surface area contributed by atoms with Crippen molar-refractivity contribution in [1.29, 1.82) is 0 Å². The lowest BCUT2D eigenvalue weighted by molar-refractivity contribution is -0.124. The van der Waals surface area contributed by atoms with Crippen LogP contribution in [-0.4, -0.2) is 41.7 Å². The molecular formula is C15H22N2O2. The van der Waals surface area contributed by atoms with Crippen LogP contribution in [0.15, 0.2) is 30.3 Å². The van der Waals surface area contributed by atoms with Crippen molar-refractivity contribution in [2.75, 3.05) is 25.0 Å². The third-order valence-electron chi connectivity index (χ3n) is 3.51. The van der Waals surface area contributed by atoms with Crippen LogP contribution in [0.2, 0.25) is 0 Å². The Morgan fingerprint density at radius 1 is 1.42 bits per heavy atom. The van der Waals surface area contributed by atoms with Crippen LogP contribution in [0.4, 0.5) is 5.69 Å². The molecule has 104 valence electrons. The largest absolute Gasteiger partial charge is 0.392 e. The number of carbonyl (C=O) groups is 1. The van der Waals surface area contributed by atoms with Crippen molar-refractivity contribution in [2.45, 2.75) is 26.4 Å². The first-order valence-electron chi connectivity index (χ1n) is 6.74. The van der Waals surface area contributed by atoms with Crippen molar-refractivity contribution in [3.05, 3.63) is 30.3 Å². The number of amides is 1. The third kappa shape index (κ3) is 3.78. The Balaban J connectivity index is 1.93. The number of aliphatic hydroxyl groups is 1. The summed E-state index contributed by atoms with van der Waals surface area (Å²) in [7, 11) is 0. The molecule has 1 aliphatic heterocycles. The minimum absolute atomic E-state index is 0.0140. The molecule has 0 saturated carbocycles. The third-order valence-corrected chi connectivity index (χ3v) is 3.51. The average Bonchev–Trinajstić information content (AvgIpc) is 2.75. The van der Waals surface area contributed by atoms with E-state index in [0.29, 0.717) is 13.1 Å². The fourth-order valence-corrected chi connectivity index (χ4v) is 2.41. The van der Waals surface area contributed by atoms with E-state index < -0.39 is 5.41 Å². The Hall–Kier alpha value is -1.39. The van der Waals surface area contributed by atoms with E-state index in [2.05, 4.69) is 10.2 Å². The molecule has 0 aromatic heterocycles. The van der Waals surface area contributed by atoms with E-state index in [9.17, 15) is 9.90 Å². The van der Waals surface area contributed by atoms with Crippen molar-refractivity contribution in [3.63, 3.8) is 0 Å². The number of rotatable bonds is 4. The first-order chi connectivity index (χ1) is 8.97. The number of hydrogen-bond donors (Lipinski definition) is 2. The number of aliphatic hydroxyl groups excluding tert-OH is 1. The van der Waals surface area contributed by atoms with Gasteiger partial charge in [0.25, 0.3) is 0 Å². The summed E-state index contributed by atoms with van der Waals surface area (Å²) in [5.74, 6) is 0.0140. The van der Waals surface area contributed by atoms with Crippen molar-refractivity contribution in [2.24, 2.45) is 5.41 Å². The van der Waals surface area contributed by atoms with E-state index in [-0.39, 0.29) is 12.0 Å². The molecule has 1 aromatic carbocycles. The Labute approximate surface area is 114 Å². The van der Waals surface area contributed by atoms with E-state index in [1.807, 2.05) is 44.2 Å². The maximum absolute atomic E-state index is 12.3. The van der Waals surface area contributed by atoms with Gasteiger partial charge < -0.3 is 10.4 Å². The molecule has 0 bridgehead atoms. The molecule has 1 unspecified atom stereocenters. The Morgan fingerprint density at radius 2 is 2.11 bits per heavy atom. The lowest BCUT2D eigenvalue weighted by Crippen LogP contribution is -2.41. The zero-order valence-electron chi connectivity index (χ0n) is 11.6. The van der Waals surface area contributed by atoms with E-state index in [0.717, 1.165) is 18.7 Å². The van der Waals surface area contributed by atoms with Gasteiger partial charge >= 0.3 is 0 Å². The van der Waals surface area contributed by atoms with Crippen LogP contribution >= 0.6 is 0 Å². The second-order valence-corrected chi connectivity index (χ2v) is 5.88. The van der Waals surface area contributed by atoms with E-state index in [1.54, 1.807) is 0 Å². The van der Waals surface area contributed by atoms with Gasteiger partial charge in [-0.2, -0.15) is 0 Å². The SMILES string of the molecule is CC(C)(CN1CCC(O)C1)C(=O)Nc1ccccc1. The second kappa shape index (κ2) is 5.72. The molecular weight excluding hydrogens is 240 g/mol. The zero-order chi connectivity index (χ0) is 13.9. The fourth-order valence-electron chi connectivity index (χ4n) is 2.41. The quantitative estimate of drug-likeness (QED) is 0.868. The number of β-amino-alcohol motifs (C(OH)–C–C–N with tert-alkyl or cyclic N) is 1. The molecule has 1 atom stereocenters. The maximum Gasteiger partial charge on any atom is 0.231 e. The molecule has 0 aliphatic carbocycles. The number of anilines is 1. The summed E-state index contributed by atoms with van der Waals surface area (Å²) in [6.07, 6.45) is 0.559. The van der Waals surface area contributed by atoms with Crippen LogP contribution in [-0.2, 0) is 4.79 Å².